The van der Waals surface area contributed by atoms with Gasteiger partial charge in [0.1, 0.15) is 5.76 Å². The SMILES string of the molecule is CCN1C(=O)c2ccccc2Sc2ccc(NC(=O)NCc3ccco3)cc21. The number of anilines is 2. The number of carbonyl (C=O) groups is 2. The molecule has 0 bridgehead atoms. The third-order valence-electron chi connectivity index (χ3n) is 4.41. The summed E-state index contributed by atoms with van der Waals surface area (Å²) in [6, 6.07) is 16.4. The van der Waals surface area contributed by atoms with Gasteiger partial charge in [0.2, 0.25) is 0 Å². The Morgan fingerprint density at radius 3 is 2.75 bits per heavy atom. The maximum Gasteiger partial charge on any atom is 0.319 e. The number of fused-ring (bicyclic) bond motifs is 2. The number of nitrogens with zero attached hydrogens (tertiary/aromatic N) is 1. The Balaban J connectivity index is 1.56. The first kappa shape index (κ1) is 18.2. The zero-order valence-corrected chi connectivity index (χ0v) is 16.1. The number of carbonyl (C=O) groups excluding carboxylic acids is 2. The predicted octanol–water partition coefficient (Wildman–Crippen LogP) is 4.73. The fourth-order valence-electron chi connectivity index (χ4n) is 3.07. The number of rotatable bonds is 4. The van der Waals surface area contributed by atoms with Crippen LogP contribution in [0.25, 0.3) is 0 Å². The maximum absolute atomic E-state index is 13.0. The van der Waals surface area contributed by atoms with Crippen LogP contribution in [0.2, 0.25) is 0 Å². The Kier molecular flexibility index (Phi) is 5.08. The van der Waals surface area contributed by atoms with E-state index in [2.05, 4.69) is 10.6 Å². The van der Waals surface area contributed by atoms with E-state index in [1.807, 2.05) is 49.4 Å². The molecule has 0 saturated heterocycles. The quantitative estimate of drug-likeness (QED) is 0.672. The molecule has 4 rings (SSSR count). The predicted molar refractivity (Wildman–Crippen MR) is 109 cm³/mol. The van der Waals surface area contributed by atoms with Gasteiger partial charge in [0.05, 0.1) is 24.1 Å². The van der Waals surface area contributed by atoms with E-state index >= 15 is 0 Å². The summed E-state index contributed by atoms with van der Waals surface area (Å²) in [5, 5.41) is 5.56. The topological polar surface area (TPSA) is 74.6 Å². The van der Waals surface area contributed by atoms with Gasteiger partial charge < -0.3 is 20.0 Å². The van der Waals surface area contributed by atoms with Crippen LogP contribution in [0.15, 0.2) is 75.1 Å². The Bertz CT molecular complexity index is 1020. The highest BCUT2D eigenvalue weighted by molar-refractivity contribution is 7.99. The lowest BCUT2D eigenvalue weighted by Crippen LogP contribution is -2.31. The molecule has 0 fully saturated rings. The van der Waals surface area contributed by atoms with Crippen molar-refractivity contribution in [3.8, 4) is 0 Å². The molecule has 1 aromatic heterocycles. The largest absolute Gasteiger partial charge is 0.467 e. The van der Waals surface area contributed by atoms with E-state index in [1.54, 1.807) is 35.1 Å². The van der Waals surface area contributed by atoms with Gasteiger partial charge in [0, 0.05) is 22.0 Å². The van der Waals surface area contributed by atoms with Crippen LogP contribution in [0.3, 0.4) is 0 Å². The van der Waals surface area contributed by atoms with Gasteiger partial charge >= 0.3 is 6.03 Å². The number of nitrogens with one attached hydrogen (secondary N) is 2. The van der Waals surface area contributed by atoms with E-state index in [4.69, 9.17) is 4.42 Å². The molecule has 2 aromatic carbocycles. The van der Waals surface area contributed by atoms with Crippen LogP contribution in [0.1, 0.15) is 23.0 Å². The molecule has 3 aromatic rings. The van der Waals surface area contributed by atoms with Gasteiger partial charge in [-0.05, 0) is 49.4 Å². The van der Waals surface area contributed by atoms with E-state index in [0.29, 0.717) is 30.1 Å². The summed E-state index contributed by atoms with van der Waals surface area (Å²) in [7, 11) is 0. The van der Waals surface area contributed by atoms with Crippen molar-refractivity contribution in [1.29, 1.82) is 0 Å². The zero-order chi connectivity index (χ0) is 19.5. The average Bonchev–Trinajstić information content (AvgIpc) is 3.19. The smallest absolute Gasteiger partial charge is 0.319 e. The van der Waals surface area contributed by atoms with Crippen molar-refractivity contribution in [3.05, 3.63) is 72.2 Å². The molecule has 1 aliphatic heterocycles. The van der Waals surface area contributed by atoms with Crippen LogP contribution in [0.5, 0.6) is 0 Å². The molecular formula is C21H19N3O3S. The third-order valence-corrected chi connectivity index (χ3v) is 5.55. The molecule has 0 aliphatic carbocycles. The molecule has 2 N–H and O–H groups in total. The Morgan fingerprint density at radius 2 is 1.96 bits per heavy atom. The maximum atomic E-state index is 13.0. The molecular weight excluding hydrogens is 374 g/mol. The monoisotopic (exact) mass is 393 g/mol. The fourth-order valence-corrected chi connectivity index (χ4v) is 4.13. The van der Waals surface area contributed by atoms with Crippen LogP contribution in [0.4, 0.5) is 16.2 Å². The van der Waals surface area contributed by atoms with Gasteiger partial charge in [-0.1, -0.05) is 23.9 Å². The highest BCUT2D eigenvalue weighted by Crippen LogP contribution is 2.42. The van der Waals surface area contributed by atoms with Crippen molar-refractivity contribution in [3.63, 3.8) is 0 Å². The van der Waals surface area contributed by atoms with Crippen LogP contribution in [-0.2, 0) is 6.54 Å². The third kappa shape index (κ3) is 3.61. The normalized spacial score (nSPS) is 12.8. The van der Waals surface area contributed by atoms with Crippen molar-refractivity contribution in [2.45, 2.75) is 23.3 Å². The van der Waals surface area contributed by atoms with Crippen LogP contribution in [0, 0.1) is 0 Å². The molecule has 3 amide bonds. The molecule has 6 nitrogen and oxygen atoms in total. The summed E-state index contributed by atoms with van der Waals surface area (Å²) in [6.45, 7) is 2.78. The summed E-state index contributed by atoms with van der Waals surface area (Å²) in [5.74, 6) is 0.637. The van der Waals surface area contributed by atoms with Gasteiger partial charge in [-0.3, -0.25) is 4.79 Å². The highest BCUT2D eigenvalue weighted by Gasteiger charge is 2.26. The number of amides is 3. The van der Waals surface area contributed by atoms with Gasteiger partial charge in [0.25, 0.3) is 5.91 Å². The summed E-state index contributed by atoms with van der Waals surface area (Å²) in [5.41, 5.74) is 2.10. The van der Waals surface area contributed by atoms with Crippen LogP contribution < -0.4 is 15.5 Å². The zero-order valence-electron chi connectivity index (χ0n) is 15.3. The van der Waals surface area contributed by atoms with E-state index in [1.165, 1.54) is 0 Å². The van der Waals surface area contributed by atoms with E-state index < -0.39 is 0 Å². The standard InChI is InChI=1S/C21H19N3O3S/c1-2-24-17-12-14(23-21(26)22-13-15-6-5-11-27-15)9-10-19(17)28-18-8-4-3-7-16(18)20(24)25/h3-12H,2,13H2,1H3,(H2,22,23,26). The molecule has 7 heteroatoms. The minimum absolute atomic E-state index is 0.0382. The lowest BCUT2D eigenvalue weighted by Gasteiger charge is -2.22. The van der Waals surface area contributed by atoms with Crippen LogP contribution in [-0.4, -0.2) is 18.5 Å². The minimum Gasteiger partial charge on any atom is -0.467 e. The molecule has 142 valence electrons. The molecule has 0 saturated carbocycles. The first-order valence-corrected chi connectivity index (χ1v) is 9.77. The molecule has 1 aliphatic rings. The van der Waals surface area contributed by atoms with Gasteiger partial charge in [-0.2, -0.15) is 0 Å². The van der Waals surface area contributed by atoms with Crippen molar-refractivity contribution < 1.29 is 14.0 Å². The number of furan rings is 1. The molecule has 0 unspecified atom stereocenters. The average molecular weight is 393 g/mol. The molecule has 28 heavy (non-hydrogen) atoms. The minimum atomic E-state index is -0.338. The summed E-state index contributed by atoms with van der Waals surface area (Å²) in [4.78, 5) is 28.8. The van der Waals surface area contributed by atoms with Crippen molar-refractivity contribution in [2.75, 3.05) is 16.8 Å². The molecule has 2 heterocycles. The van der Waals surface area contributed by atoms with Crippen molar-refractivity contribution in [1.82, 2.24) is 5.32 Å². The van der Waals surface area contributed by atoms with Gasteiger partial charge in [0.15, 0.2) is 0 Å². The number of benzene rings is 2. The number of hydrogen-bond donors (Lipinski definition) is 2. The summed E-state index contributed by atoms with van der Waals surface area (Å²) < 4.78 is 5.20. The second kappa shape index (κ2) is 7.82. The summed E-state index contributed by atoms with van der Waals surface area (Å²) in [6.07, 6.45) is 1.56. The first-order chi connectivity index (χ1) is 13.7. The molecule has 0 spiro atoms. The van der Waals surface area contributed by atoms with Gasteiger partial charge in [-0.15, -0.1) is 0 Å². The number of urea groups is 1. The van der Waals surface area contributed by atoms with Crippen molar-refractivity contribution >= 4 is 35.1 Å². The van der Waals surface area contributed by atoms with E-state index in [0.717, 1.165) is 15.5 Å². The Morgan fingerprint density at radius 1 is 1.11 bits per heavy atom. The number of hydrogen-bond acceptors (Lipinski definition) is 4. The van der Waals surface area contributed by atoms with Crippen molar-refractivity contribution in [2.24, 2.45) is 0 Å². The first-order valence-electron chi connectivity index (χ1n) is 8.95. The summed E-state index contributed by atoms with van der Waals surface area (Å²) >= 11 is 1.56. The lowest BCUT2D eigenvalue weighted by atomic mass is 10.1. The highest BCUT2D eigenvalue weighted by atomic mass is 32.2. The fraction of sp³-hybridized carbons (Fsp3) is 0.143. The Labute approximate surface area is 166 Å². The van der Waals surface area contributed by atoms with Gasteiger partial charge in [-0.25, -0.2) is 4.79 Å². The second-order valence-corrected chi connectivity index (χ2v) is 7.30. The lowest BCUT2D eigenvalue weighted by molar-refractivity contribution is 0.0985. The molecule has 0 radical (unpaired) electrons. The van der Waals surface area contributed by atoms with Crippen LogP contribution >= 0.6 is 11.8 Å². The Hall–Kier alpha value is -3.19. The van der Waals surface area contributed by atoms with E-state index in [9.17, 15) is 9.59 Å². The second-order valence-electron chi connectivity index (χ2n) is 6.22. The van der Waals surface area contributed by atoms with E-state index in [-0.39, 0.29) is 11.9 Å². The molecule has 0 atom stereocenters.